The maximum Gasteiger partial charge on any atom is 0.271 e. The maximum absolute atomic E-state index is 12.2. The number of hydrogen-bond acceptors (Lipinski definition) is 5. The van der Waals surface area contributed by atoms with Gasteiger partial charge in [0.05, 0.1) is 18.2 Å². The summed E-state index contributed by atoms with van der Waals surface area (Å²) in [5, 5.41) is 5.50. The predicted octanol–water partition coefficient (Wildman–Crippen LogP) is 2.03. The normalized spacial score (nSPS) is 17.0. The fraction of sp³-hybridized carbons (Fsp3) is 0.389. The van der Waals surface area contributed by atoms with Crippen LogP contribution in [-0.2, 0) is 11.2 Å². The minimum absolute atomic E-state index is 0.0771. The zero-order valence-electron chi connectivity index (χ0n) is 14.3. The number of nitrogens with zero attached hydrogens (tertiary/aromatic N) is 2. The van der Waals surface area contributed by atoms with Crippen molar-refractivity contribution in [3.63, 3.8) is 0 Å². The number of rotatable bonds is 6. The quantitative estimate of drug-likeness (QED) is 0.857. The smallest absolute Gasteiger partial charge is 0.271 e. The Labute approximate surface area is 150 Å². The van der Waals surface area contributed by atoms with Gasteiger partial charge in [0.2, 0.25) is 5.91 Å². The van der Waals surface area contributed by atoms with Gasteiger partial charge in [-0.1, -0.05) is 12.1 Å². The summed E-state index contributed by atoms with van der Waals surface area (Å²) in [6, 6.07) is 7.68. The molecule has 3 rings (SSSR count). The van der Waals surface area contributed by atoms with Crippen LogP contribution >= 0.6 is 11.3 Å². The van der Waals surface area contributed by atoms with Gasteiger partial charge in [0.1, 0.15) is 11.4 Å². The first-order valence-electron chi connectivity index (χ1n) is 8.19. The molecular formula is C18H21N3O3S. The summed E-state index contributed by atoms with van der Waals surface area (Å²) in [5.41, 5.74) is 1.57. The molecule has 0 bridgehead atoms. The first-order chi connectivity index (χ1) is 12.0. The molecular weight excluding hydrogens is 338 g/mol. The maximum atomic E-state index is 12.2. The van der Waals surface area contributed by atoms with Crippen LogP contribution in [0.1, 0.15) is 27.5 Å². The summed E-state index contributed by atoms with van der Waals surface area (Å²) in [6.45, 7) is 3.05. The monoisotopic (exact) mass is 359 g/mol. The van der Waals surface area contributed by atoms with E-state index in [0.29, 0.717) is 25.2 Å². The van der Waals surface area contributed by atoms with Crippen LogP contribution in [0.25, 0.3) is 0 Å². The Hall–Kier alpha value is -2.41. The van der Waals surface area contributed by atoms with Gasteiger partial charge in [0, 0.05) is 24.9 Å². The highest BCUT2D eigenvalue weighted by molar-refractivity contribution is 7.09. The van der Waals surface area contributed by atoms with Crippen LogP contribution in [0.2, 0.25) is 0 Å². The molecule has 1 N–H and O–H groups in total. The SMILES string of the molecule is COc1ccc(CCN2C[C@H](NC(=O)c3csc(C)n3)CC2=O)cc1. The Morgan fingerprint density at radius 2 is 2.16 bits per heavy atom. The molecule has 2 aromatic rings. The highest BCUT2D eigenvalue weighted by atomic mass is 32.1. The molecule has 0 unspecified atom stereocenters. The molecule has 132 valence electrons. The Balaban J connectivity index is 1.50. The van der Waals surface area contributed by atoms with Crippen molar-refractivity contribution < 1.29 is 14.3 Å². The van der Waals surface area contributed by atoms with Crippen LogP contribution in [0, 0.1) is 6.92 Å². The number of benzene rings is 1. The molecule has 1 saturated heterocycles. The molecule has 1 aromatic heterocycles. The van der Waals surface area contributed by atoms with Crippen LogP contribution < -0.4 is 10.1 Å². The number of carbonyl (C=O) groups is 2. The van der Waals surface area contributed by atoms with Crippen LogP contribution in [0.4, 0.5) is 0 Å². The molecule has 0 aliphatic carbocycles. The molecule has 0 spiro atoms. The van der Waals surface area contributed by atoms with E-state index < -0.39 is 0 Å². The molecule has 0 saturated carbocycles. The van der Waals surface area contributed by atoms with Crippen LogP contribution in [-0.4, -0.2) is 47.9 Å². The third-order valence-corrected chi connectivity index (χ3v) is 5.00. The summed E-state index contributed by atoms with van der Waals surface area (Å²) in [6.07, 6.45) is 1.12. The van der Waals surface area contributed by atoms with E-state index in [9.17, 15) is 9.59 Å². The molecule has 0 radical (unpaired) electrons. The Morgan fingerprint density at radius 1 is 1.40 bits per heavy atom. The van der Waals surface area contributed by atoms with Crippen molar-refractivity contribution in [2.45, 2.75) is 25.8 Å². The van der Waals surface area contributed by atoms with Gasteiger partial charge in [0.25, 0.3) is 5.91 Å². The Morgan fingerprint density at radius 3 is 2.80 bits per heavy atom. The Kier molecular flexibility index (Phi) is 5.33. The molecule has 7 heteroatoms. The predicted molar refractivity (Wildman–Crippen MR) is 96.0 cm³/mol. The zero-order chi connectivity index (χ0) is 17.8. The van der Waals surface area contributed by atoms with Crippen molar-refractivity contribution in [3.05, 3.63) is 45.9 Å². The number of amides is 2. The Bertz CT molecular complexity index is 757. The van der Waals surface area contributed by atoms with Crippen molar-refractivity contribution >= 4 is 23.2 Å². The summed E-state index contributed by atoms with van der Waals surface area (Å²) >= 11 is 1.44. The summed E-state index contributed by atoms with van der Waals surface area (Å²) in [7, 11) is 1.64. The van der Waals surface area contributed by atoms with E-state index in [1.807, 2.05) is 36.1 Å². The second-order valence-corrected chi connectivity index (χ2v) is 7.13. The van der Waals surface area contributed by atoms with E-state index in [-0.39, 0.29) is 17.9 Å². The van der Waals surface area contributed by atoms with Gasteiger partial charge < -0.3 is 15.0 Å². The largest absolute Gasteiger partial charge is 0.497 e. The average molecular weight is 359 g/mol. The fourth-order valence-electron chi connectivity index (χ4n) is 2.87. The minimum Gasteiger partial charge on any atom is -0.497 e. The van der Waals surface area contributed by atoms with Crippen molar-refractivity contribution in [2.24, 2.45) is 0 Å². The first-order valence-corrected chi connectivity index (χ1v) is 9.07. The molecule has 2 heterocycles. The van der Waals surface area contributed by atoms with Crippen molar-refractivity contribution in [2.75, 3.05) is 20.2 Å². The lowest BCUT2D eigenvalue weighted by molar-refractivity contribution is -0.127. The summed E-state index contributed by atoms with van der Waals surface area (Å²) in [4.78, 5) is 30.3. The number of carbonyl (C=O) groups excluding carboxylic acids is 2. The van der Waals surface area contributed by atoms with Crippen LogP contribution in [0.15, 0.2) is 29.6 Å². The van der Waals surface area contributed by atoms with Gasteiger partial charge in [-0.2, -0.15) is 0 Å². The number of aromatic nitrogens is 1. The number of thiazole rings is 1. The van der Waals surface area contributed by atoms with E-state index in [4.69, 9.17) is 4.74 Å². The second kappa shape index (κ2) is 7.65. The number of aryl methyl sites for hydroxylation is 1. The fourth-order valence-corrected chi connectivity index (χ4v) is 3.46. The lowest BCUT2D eigenvalue weighted by Crippen LogP contribution is -2.37. The number of likely N-dealkylation sites (tertiary alicyclic amines) is 1. The molecule has 1 fully saturated rings. The van der Waals surface area contributed by atoms with E-state index in [2.05, 4.69) is 10.3 Å². The van der Waals surface area contributed by atoms with Gasteiger partial charge >= 0.3 is 0 Å². The van der Waals surface area contributed by atoms with Crippen LogP contribution in [0.5, 0.6) is 5.75 Å². The van der Waals surface area contributed by atoms with E-state index >= 15 is 0 Å². The van der Waals surface area contributed by atoms with Gasteiger partial charge in [0.15, 0.2) is 0 Å². The molecule has 1 aliphatic rings. The van der Waals surface area contributed by atoms with E-state index in [1.165, 1.54) is 11.3 Å². The van der Waals surface area contributed by atoms with Gasteiger partial charge in [-0.3, -0.25) is 9.59 Å². The molecule has 2 amide bonds. The number of hydrogen-bond donors (Lipinski definition) is 1. The lowest BCUT2D eigenvalue weighted by atomic mass is 10.1. The average Bonchev–Trinajstić information content (AvgIpc) is 3.19. The topological polar surface area (TPSA) is 71.5 Å². The number of ether oxygens (including phenoxy) is 1. The van der Waals surface area contributed by atoms with Crippen molar-refractivity contribution in [1.29, 1.82) is 0 Å². The first kappa shape index (κ1) is 17.4. The van der Waals surface area contributed by atoms with Gasteiger partial charge in [-0.25, -0.2) is 4.98 Å². The molecule has 1 aliphatic heterocycles. The minimum atomic E-state index is -0.209. The molecule has 1 aromatic carbocycles. The van der Waals surface area contributed by atoms with E-state index in [1.54, 1.807) is 12.5 Å². The van der Waals surface area contributed by atoms with E-state index in [0.717, 1.165) is 22.7 Å². The molecule has 1 atom stereocenters. The third-order valence-electron chi connectivity index (χ3n) is 4.23. The lowest BCUT2D eigenvalue weighted by Gasteiger charge is -2.17. The summed E-state index contributed by atoms with van der Waals surface area (Å²) < 4.78 is 5.14. The highest BCUT2D eigenvalue weighted by Gasteiger charge is 2.30. The number of nitrogens with one attached hydrogen (secondary N) is 1. The van der Waals surface area contributed by atoms with Gasteiger partial charge in [-0.15, -0.1) is 11.3 Å². The molecule has 6 nitrogen and oxygen atoms in total. The highest BCUT2D eigenvalue weighted by Crippen LogP contribution is 2.16. The summed E-state index contributed by atoms with van der Waals surface area (Å²) in [5.74, 6) is 0.688. The molecule has 25 heavy (non-hydrogen) atoms. The van der Waals surface area contributed by atoms with Gasteiger partial charge in [-0.05, 0) is 31.0 Å². The second-order valence-electron chi connectivity index (χ2n) is 6.06. The van der Waals surface area contributed by atoms with Crippen molar-refractivity contribution in [3.8, 4) is 5.75 Å². The van der Waals surface area contributed by atoms with Crippen LogP contribution in [0.3, 0.4) is 0 Å². The zero-order valence-corrected chi connectivity index (χ0v) is 15.1. The van der Waals surface area contributed by atoms with Crippen molar-refractivity contribution in [1.82, 2.24) is 15.2 Å². The standard InChI is InChI=1S/C18H21N3O3S/c1-12-19-16(11-25-12)18(23)20-14-9-17(22)21(10-14)8-7-13-3-5-15(24-2)6-4-13/h3-6,11,14H,7-10H2,1-2H3,(H,20,23)/t14-/m1/s1. The number of methoxy groups -OCH3 is 1. The third kappa shape index (κ3) is 4.36.